The molecule has 1 amide bonds. The third-order valence-electron chi connectivity index (χ3n) is 2.33. The van der Waals surface area contributed by atoms with Gasteiger partial charge in [0.1, 0.15) is 0 Å². The molecule has 6 nitrogen and oxygen atoms in total. The van der Waals surface area contributed by atoms with Crippen LogP contribution in [0.25, 0.3) is 0 Å². The molecule has 0 aliphatic heterocycles. The van der Waals surface area contributed by atoms with Gasteiger partial charge in [0.05, 0.1) is 17.0 Å². The molecule has 0 saturated carbocycles. The highest BCUT2D eigenvalue weighted by Gasteiger charge is 2.12. The Morgan fingerprint density at radius 3 is 2.58 bits per heavy atom. The summed E-state index contributed by atoms with van der Waals surface area (Å²) in [5.41, 5.74) is 6.13. The largest absolute Gasteiger partial charge is 0.330 e. The van der Waals surface area contributed by atoms with Gasteiger partial charge in [-0.15, -0.1) is 0 Å². The fraction of sp³-hybridized carbons (Fsp3) is 0.364. The van der Waals surface area contributed by atoms with Gasteiger partial charge in [0, 0.05) is 18.2 Å². The van der Waals surface area contributed by atoms with E-state index in [9.17, 15) is 13.2 Å². The fourth-order valence-electron chi connectivity index (χ4n) is 1.25. The van der Waals surface area contributed by atoms with E-state index in [1.54, 1.807) is 13.0 Å². The molecule has 0 spiro atoms. The van der Waals surface area contributed by atoms with Crippen molar-refractivity contribution in [2.24, 2.45) is 11.7 Å². The average molecular weight is 306 g/mol. The highest BCUT2D eigenvalue weighted by molar-refractivity contribution is 7.92. The lowest BCUT2D eigenvalue weighted by atomic mass is 10.1. The molecule has 1 atom stereocenters. The Hall–Kier alpha value is -1.31. The molecule has 1 aromatic carbocycles. The molecule has 1 aromatic rings. The Bertz CT molecular complexity index is 575. The van der Waals surface area contributed by atoms with E-state index in [0.29, 0.717) is 5.69 Å². The Kier molecular flexibility index (Phi) is 5.16. The topological polar surface area (TPSA) is 101 Å². The summed E-state index contributed by atoms with van der Waals surface area (Å²) in [6.45, 7) is 1.95. The van der Waals surface area contributed by atoms with Crippen molar-refractivity contribution in [3.63, 3.8) is 0 Å². The number of sulfonamides is 1. The van der Waals surface area contributed by atoms with Gasteiger partial charge in [0.25, 0.3) is 0 Å². The van der Waals surface area contributed by atoms with E-state index < -0.39 is 10.0 Å². The van der Waals surface area contributed by atoms with Crippen LogP contribution in [-0.4, -0.2) is 27.1 Å². The van der Waals surface area contributed by atoms with Crippen LogP contribution in [0.4, 0.5) is 11.4 Å². The first-order chi connectivity index (χ1) is 8.73. The molecule has 19 heavy (non-hydrogen) atoms. The average Bonchev–Trinajstić information content (AvgIpc) is 2.30. The van der Waals surface area contributed by atoms with Crippen LogP contribution in [0.1, 0.15) is 6.92 Å². The fourth-order valence-corrected chi connectivity index (χ4v) is 2.11. The first kappa shape index (κ1) is 15.7. The lowest BCUT2D eigenvalue weighted by Gasteiger charge is -2.12. The smallest absolute Gasteiger partial charge is 0.229 e. The molecule has 0 radical (unpaired) electrons. The summed E-state index contributed by atoms with van der Waals surface area (Å²) in [7, 11) is -3.39. The Balaban J connectivity index is 2.86. The van der Waals surface area contributed by atoms with Crippen molar-refractivity contribution in [2.75, 3.05) is 22.8 Å². The minimum atomic E-state index is -3.39. The van der Waals surface area contributed by atoms with E-state index in [2.05, 4.69) is 10.0 Å². The van der Waals surface area contributed by atoms with E-state index >= 15 is 0 Å². The molecule has 0 aliphatic carbocycles. The van der Waals surface area contributed by atoms with Crippen molar-refractivity contribution in [3.8, 4) is 0 Å². The standard InChI is InChI=1S/C11H16ClN3O3S/c1-7(6-13)11(16)14-8-3-4-10(9(12)5-8)15-19(2,17)18/h3-5,7,15H,6,13H2,1-2H3,(H,14,16). The summed E-state index contributed by atoms with van der Waals surface area (Å²) < 4.78 is 24.5. The summed E-state index contributed by atoms with van der Waals surface area (Å²) in [6, 6.07) is 4.50. The number of nitrogens with two attached hydrogens (primary N) is 1. The van der Waals surface area contributed by atoms with Gasteiger partial charge in [-0.1, -0.05) is 18.5 Å². The summed E-state index contributed by atoms with van der Waals surface area (Å²) in [5.74, 6) is -0.532. The van der Waals surface area contributed by atoms with Crippen LogP contribution in [-0.2, 0) is 14.8 Å². The molecule has 106 valence electrons. The van der Waals surface area contributed by atoms with E-state index in [0.717, 1.165) is 6.26 Å². The molecule has 8 heteroatoms. The normalized spacial score (nSPS) is 12.8. The number of benzene rings is 1. The molecular formula is C11H16ClN3O3S. The highest BCUT2D eigenvalue weighted by atomic mass is 35.5. The van der Waals surface area contributed by atoms with Gasteiger partial charge in [-0.05, 0) is 18.2 Å². The van der Waals surface area contributed by atoms with E-state index in [1.165, 1.54) is 12.1 Å². The second-order valence-electron chi connectivity index (χ2n) is 4.19. The third kappa shape index (κ3) is 5.06. The molecule has 0 heterocycles. The minimum Gasteiger partial charge on any atom is -0.330 e. The Morgan fingerprint density at radius 1 is 1.47 bits per heavy atom. The van der Waals surface area contributed by atoms with Crippen molar-refractivity contribution in [1.29, 1.82) is 0 Å². The van der Waals surface area contributed by atoms with E-state index in [-0.39, 0.29) is 29.1 Å². The second kappa shape index (κ2) is 6.23. The zero-order valence-corrected chi connectivity index (χ0v) is 12.2. The van der Waals surface area contributed by atoms with Crippen LogP contribution in [0, 0.1) is 5.92 Å². The lowest BCUT2D eigenvalue weighted by Crippen LogP contribution is -2.26. The maximum Gasteiger partial charge on any atom is 0.229 e. The maximum atomic E-state index is 11.6. The number of hydrogen-bond donors (Lipinski definition) is 3. The third-order valence-corrected chi connectivity index (χ3v) is 3.24. The zero-order valence-electron chi connectivity index (χ0n) is 10.6. The number of carbonyl (C=O) groups excluding carboxylic acids is 1. The molecule has 0 aromatic heterocycles. The van der Waals surface area contributed by atoms with Crippen molar-refractivity contribution < 1.29 is 13.2 Å². The number of carbonyl (C=O) groups is 1. The second-order valence-corrected chi connectivity index (χ2v) is 6.35. The van der Waals surface area contributed by atoms with Crippen molar-refractivity contribution in [1.82, 2.24) is 0 Å². The summed E-state index contributed by atoms with van der Waals surface area (Å²) in [4.78, 5) is 11.6. The van der Waals surface area contributed by atoms with Crippen molar-refractivity contribution >= 4 is 38.9 Å². The van der Waals surface area contributed by atoms with Gasteiger partial charge in [-0.25, -0.2) is 8.42 Å². The first-order valence-corrected chi connectivity index (χ1v) is 7.78. The number of anilines is 2. The number of amides is 1. The van der Waals surface area contributed by atoms with E-state index in [4.69, 9.17) is 17.3 Å². The van der Waals surface area contributed by atoms with Crippen LogP contribution in [0.3, 0.4) is 0 Å². The van der Waals surface area contributed by atoms with Crippen LogP contribution < -0.4 is 15.8 Å². The Labute approximate surface area is 117 Å². The molecule has 0 aliphatic rings. The quantitative estimate of drug-likeness (QED) is 0.762. The van der Waals surface area contributed by atoms with Gasteiger partial charge in [0.2, 0.25) is 15.9 Å². The predicted molar refractivity (Wildman–Crippen MR) is 76.8 cm³/mol. The monoisotopic (exact) mass is 305 g/mol. The van der Waals surface area contributed by atoms with Gasteiger partial charge >= 0.3 is 0 Å². The van der Waals surface area contributed by atoms with Gasteiger partial charge in [0.15, 0.2) is 0 Å². The van der Waals surface area contributed by atoms with E-state index in [1.807, 2.05) is 0 Å². The van der Waals surface area contributed by atoms with Crippen LogP contribution in [0.15, 0.2) is 18.2 Å². The number of hydrogen-bond acceptors (Lipinski definition) is 4. The number of nitrogens with one attached hydrogen (secondary N) is 2. The molecule has 1 unspecified atom stereocenters. The van der Waals surface area contributed by atoms with Crippen molar-refractivity contribution in [3.05, 3.63) is 23.2 Å². The summed E-state index contributed by atoms with van der Waals surface area (Å²) in [6.07, 6.45) is 1.03. The number of rotatable bonds is 5. The molecule has 0 fully saturated rings. The van der Waals surface area contributed by atoms with Crippen LogP contribution in [0.5, 0.6) is 0 Å². The highest BCUT2D eigenvalue weighted by Crippen LogP contribution is 2.26. The van der Waals surface area contributed by atoms with Gasteiger partial charge < -0.3 is 11.1 Å². The summed E-state index contributed by atoms with van der Waals surface area (Å²) >= 11 is 5.93. The lowest BCUT2D eigenvalue weighted by molar-refractivity contribution is -0.119. The Morgan fingerprint density at radius 2 is 2.11 bits per heavy atom. The zero-order chi connectivity index (χ0) is 14.6. The molecule has 4 N–H and O–H groups in total. The van der Waals surface area contributed by atoms with Crippen LogP contribution in [0.2, 0.25) is 5.02 Å². The SMILES string of the molecule is CC(CN)C(=O)Nc1ccc(NS(C)(=O)=O)c(Cl)c1. The molecule has 0 saturated heterocycles. The summed E-state index contributed by atoms with van der Waals surface area (Å²) in [5, 5.41) is 2.84. The maximum absolute atomic E-state index is 11.6. The predicted octanol–water partition coefficient (Wildman–Crippen LogP) is 1.24. The minimum absolute atomic E-state index is 0.198. The number of halogens is 1. The molecule has 0 bridgehead atoms. The molecule has 1 rings (SSSR count). The van der Waals surface area contributed by atoms with Crippen LogP contribution >= 0.6 is 11.6 Å². The first-order valence-electron chi connectivity index (χ1n) is 5.51. The molecular weight excluding hydrogens is 290 g/mol. The van der Waals surface area contributed by atoms with Crippen molar-refractivity contribution in [2.45, 2.75) is 6.92 Å². The van der Waals surface area contributed by atoms with Gasteiger partial charge in [-0.3, -0.25) is 9.52 Å². The van der Waals surface area contributed by atoms with Gasteiger partial charge in [-0.2, -0.15) is 0 Å².